The zero-order valence-electron chi connectivity index (χ0n) is 40.0. The van der Waals surface area contributed by atoms with Gasteiger partial charge in [0.2, 0.25) is 11.8 Å². The van der Waals surface area contributed by atoms with Crippen LogP contribution in [0.5, 0.6) is 0 Å². The largest absolute Gasteiger partial charge is 0.453 e. The minimum absolute atomic E-state index is 0.0549. The van der Waals surface area contributed by atoms with Crippen LogP contribution in [0.25, 0.3) is 33.2 Å². The normalized spacial score (nSPS) is 20.8. The summed E-state index contributed by atoms with van der Waals surface area (Å²) in [6.45, 7) is 10.4. The predicted molar refractivity (Wildman–Crippen MR) is 259 cm³/mol. The molecule has 360 valence electrons. The highest BCUT2D eigenvalue weighted by Gasteiger charge is 2.40. The monoisotopic (exact) mass is 929 g/mol. The third-order valence-corrected chi connectivity index (χ3v) is 14.6. The number of carbonyl (C=O) groups is 4. The molecule has 4 N–H and O–H groups in total. The van der Waals surface area contributed by atoms with Gasteiger partial charge in [0.15, 0.2) is 0 Å². The van der Waals surface area contributed by atoms with Gasteiger partial charge in [0.1, 0.15) is 29.5 Å². The fourth-order valence-corrected chi connectivity index (χ4v) is 11.0. The summed E-state index contributed by atoms with van der Waals surface area (Å²) in [5, 5.41) is 5.46. The van der Waals surface area contributed by atoms with Gasteiger partial charge in [0, 0.05) is 32.1 Å². The number of halogens is 1. The van der Waals surface area contributed by atoms with Crippen LogP contribution in [0.4, 0.5) is 19.7 Å². The van der Waals surface area contributed by atoms with Crippen molar-refractivity contribution in [2.45, 2.75) is 116 Å². The van der Waals surface area contributed by atoms with Crippen LogP contribution in [0.15, 0.2) is 54.6 Å². The lowest BCUT2D eigenvalue weighted by Crippen LogP contribution is -2.51. The quantitative estimate of drug-likeness (QED) is 0.0950. The van der Waals surface area contributed by atoms with Crippen LogP contribution in [0.2, 0.25) is 0 Å². The molecule has 5 heterocycles. The molecule has 3 aliphatic heterocycles. The molecule has 4 aliphatic rings. The van der Waals surface area contributed by atoms with Gasteiger partial charge in [-0.05, 0) is 134 Å². The van der Waals surface area contributed by atoms with Crippen molar-refractivity contribution in [1.82, 2.24) is 40.4 Å². The molecule has 2 aromatic heterocycles. The van der Waals surface area contributed by atoms with Crippen LogP contribution in [-0.4, -0.2) is 106 Å². The van der Waals surface area contributed by atoms with E-state index < -0.39 is 24.3 Å². The summed E-state index contributed by atoms with van der Waals surface area (Å²) in [7, 11) is 2.58. The van der Waals surface area contributed by atoms with Gasteiger partial charge >= 0.3 is 12.2 Å². The van der Waals surface area contributed by atoms with Crippen molar-refractivity contribution in [3.63, 3.8) is 0 Å². The fraction of sp³-hybridized carbons (Fsp3) is 0.500. The van der Waals surface area contributed by atoms with E-state index in [4.69, 9.17) is 19.4 Å². The maximum absolute atomic E-state index is 16.4. The molecular formula is C52H64FN9O6. The van der Waals surface area contributed by atoms with Crippen LogP contribution in [0, 0.1) is 17.7 Å². The number of rotatable bonds is 12. The van der Waals surface area contributed by atoms with E-state index in [0.717, 1.165) is 121 Å². The molecule has 0 radical (unpaired) electrons. The molecule has 16 heteroatoms. The average Bonchev–Trinajstić information content (AvgIpc) is 4.20. The van der Waals surface area contributed by atoms with E-state index in [9.17, 15) is 19.2 Å². The SMILES string of the molecule is COC(=O)N[C@H](C(=O)N1CCC[C@H]1c1nc2ccc(C3=C(c4ccc(N5CCCCC5)c(F)c4)C(c4ccc5nc([C@@H]6CCCN6C(=O)[C@@H](NC(=O)OC)C(C)C)[nH]c5c4)CC3)cc2[nH]1)C(C)C. The van der Waals surface area contributed by atoms with Gasteiger partial charge in [-0.25, -0.2) is 23.9 Å². The van der Waals surface area contributed by atoms with Crippen LogP contribution >= 0.6 is 0 Å². The average molecular weight is 930 g/mol. The van der Waals surface area contributed by atoms with Gasteiger partial charge < -0.3 is 44.8 Å². The number of carbonyl (C=O) groups excluding carboxylic acids is 4. The highest BCUT2D eigenvalue weighted by atomic mass is 19.1. The van der Waals surface area contributed by atoms with Crippen molar-refractivity contribution in [3.05, 3.63) is 88.8 Å². The molecule has 0 spiro atoms. The Labute approximate surface area is 396 Å². The Morgan fingerprint density at radius 3 is 1.75 bits per heavy atom. The Morgan fingerprint density at radius 2 is 1.21 bits per heavy atom. The molecule has 4 amide bonds. The number of aromatic amines is 2. The van der Waals surface area contributed by atoms with E-state index in [2.05, 4.69) is 55.8 Å². The van der Waals surface area contributed by atoms with Crippen LogP contribution in [-0.2, 0) is 19.1 Å². The van der Waals surface area contributed by atoms with E-state index in [1.807, 2.05) is 55.7 Å². The summed E-state index contributed by atoms with van der Waals surface area (Å²) in [6.07, 6.45) is 6.65. The summed E-state index contributed by atoms with van der Waals surface area (Å²) in [5.74, 6) is 0.516. The number of nitrogens with zero attached hydrogens (tertiary/aromatic N) is 5. The molecule has 9 rings (SSSR count). The first-order valence-electron chi connectivity index (χ1n) is 24.4. The van der Waals surface area contributed by atoms with E-state index >= 15 is 4.39 Å². The summed E-state index contributed by atoms with van der Waals surface area (Å²) in [6, 6.07) is 16.3. The number of nitrogens with one attached hydrogen (secondary N) is 4. The van der Waals surface area contributed by atoms with Gasteiger partial charge in [-0.3, -0.25) is 9.59 Å². The minimum Gasteiger partial charge on any atom is -0.453 e. The summed E-state index contributed by atoms with van der Waals surface area (Å²) in [4.78, 5) is 75.2. The van der Waals surface area contributed by atoms with Gasteiger partial charge in [-0.2, -0.15) is 0 Å². The van der Waals surface area contributed by atoms with Crippen molar-refractivity contribution in [1.29, 1.82) is 0 Å². The van der Waals surface area contributed by atoms with E-state index in [-0.39, 0.29) is 47.5 Å². The second-order valence-corrected chi connectivity index (χ2v) is 19.5. The maximum atomic E-state index is 16.4. The molecule has 1 aliphatic carbocycles. The molecule has 3 saturated heterocycles. The van der Waals surface area contributed by atoms with Crippen LogP contribution in [0.1, 0.15) is 132 Å². The Morgan fingerprint density at radius 1 is 0.662 bits per heavy atom. The minimum atomic E-state index is -0.733. The third-order valence-electron chi connectivity index (χ3n) is 14.6. The number of benzene rings is 3. The molecule has 0 bridgehead atoms. The number of likely N-dealkylation sites (tertiary alicyclic amines) is 2. The molecule has 3 aromatic carbocycles. The number of methoxy groups -OCH3 is 2. The Hall–Kier alpha value is -6.45. The lowest BCUT2D eigenvalue weighted by atomic mass is 9.86. The summed E-state index contributed by atoms with van der Waals surface area (Å²) in [5.41, 5.74) is 9.07. The van der Waals surface area contributed by atoms with Crippen molar-refractivity contribution < 1.29 is 33.0 Å². The predicted octanol–water partition coefficient (Wildman–Crippen LogP) is 9.15. The first-order chi connectivity index (χ1) is 32.8. The van der Waals surface area contributed by atoms with E-state index in [1.54, 1.807) is 6.07 Å². The number of anilines is 1. The molecule has 1 unspecified atom stereocenters. The zero-order chi connectivity index (χ0) is 47.8. The topological polar surface area (TPSA) is 178 Å². The zero-order valence-corrected chi connectivity index (χ0v) is 40.0. The van der Waals surface area contributed by atoms with E-state index in [1.165, 1.54) is 14.2 Å². The smallest absolute Gasteiger partial charge is 0.407 e. The highest BCUT2D eigenvalue weighted by molar-refractivity contribution is 5.98. The van der Waals surface area contributed by atoms with Crippen molar-refractivity contribution >= 4 is 62.9 Å². The van der Waals surface area contributed by atoms with Gasteiger partial charge in [-0.15, -0.1) is 0 Å². The number of ether oxygens (including phenoxy) is 2. The molecule has 68 heavy (non-hydrogen) atoms. The van der Waals surface area contributed by atoms with Gasteiger partial charge in [0.05, 0.1) is 54.1 Å². The number of allylic oxidation sites excluding steroid dienone is 2. The first kappa shape index (κ1) is 46.7. The van der Waals surface area contributed by atoms with Crippen LogP contribution < -0.4 is 15.5 Å². The number of imidazole rings is 2. The van der Waals surface area contributed by atoms with E-state index in [0.29, 0.717) is 30.4 Å². The number of piperidine rings is 1. The number of H-pyrrole nitrogens is 2. The Balaban J connectivity index is 1.05. The lowest BCUT2D eigenvalue weighted by Gasteiger charge is -2.29. The molecule has 0 saturated carbocycles. The molecule has 15 nitrogen and oxygen atoms in total. The molecule has 5 atom stereocenters. The van der Waals surface area contributed by atoms with Gasteiger partial charge in [-0.1, -0.05) is 45.9 Å². The lowest BCUT2D eigenvalue weighted by molar-refractivity contribution is -0.136. The third kappa shape index (κ3) is 9.13. The highest BCUT2D eigenvalue weighted by Crippen LogP contribution is 2.50. The fourth-order valence-electron chi connectivity index (χ4n) is 11.0. The second kappa shape index (κ2) is 19.6. The number of alkyl carbamates (subject to hydrolysis) is 2. The first-order valence-corrected chi connectivity index (χ1v) is 24.4. The van der Waals surface area contributed by atoms with Crippen LogP contribution in [0.3, 0.4) is 0 Å². The summed E-state index contributed by atoms with van der Waals surface area (Å²) >= 11 is 0. The number of hydrogen-bond acceptors (Lipinski definition) is 9. The number of hydrogen-bond donors (Lipinski definition) is 4. The number of amides is 4. The maximum Gasteiger partial charge on any atom is 0.407 e. The number of fused-ring (bicyclic) bond motifs is 2. The summed E-state index contributed by atoms with van der Waals surface area (Å²) < 4.78 is 26.0. The van der Waals surface area contributed by atoms with Gasteiger partial charge in [0.25, 0.3) is 0 Å². The molecular weight excluding hydrogens is 866 g/mol. The Bertz CT molecular complexity index is 2740. The molecule has 5 aromatic rings. The van der Waals surface area contributed by atoms with Crippen molar-refractivity contribution in [2.75, 3.05) is 45.3 Å². The van der Waals surface area contributed by atoms with Crippen molar-refractivity contribution in [3.8, 4) is 0 Å². The second-order valence-electron chi connectivity index (χ2n) is 19.5. The molecule has 3 fully saturated rings. The Kier molecular flexibility index (Phi) is 13.5. The standard InChI is InChI=1S/C52H64FN9O6/c1-29(2)45(58-51(65)67-5)49(63)61-24-10-12-42(61)47-54-37-19-14-31(27-39(37)56-47)34-17-18-35(44(34)33-16-21-41(36(53)26-33)60-22-8-7-9-23-60)32-15-20-38-40(28-32)57-48(55-38)43-13-11-25-62(43)50(64)46(30(3)4)59-52(66)68-6/h14-16,19-21,26-30,34,42-43,45-46H,7-13,17-18,22-25H2,1-6H3,(H,54,56)(H,55,57)(H,58,65)(H,59,66)/t34?,42-,43-,45-,46-/m0/s1. The van der Waals surface area contributed by atoms with Crippen molar-refractivity contribution in [2.24, 2.45) is 11.8 Å². The number of aromatic nitrogens is 4.